The van der Waals surface area contributed by atoms with Crippen molar-refractivity contribution in [3.05, 3.63) is 11.6 Å². The van der Waals surface area contributed by atoms with E-state index in [1.807, 2.05) is 0 Å². The first kappa shape index (κ1) is 36.2. The van der Waals surface area contributed by atoms with E-state index in [0.717, 1.165) is 86.9 Å². The Morgan fingerprint density at radius 3 is 2.52 bits per heavy atom. The molecule has 0 spiro atoms. The summed E-state index contributed by atoms with van der Waals surface area (Å²) in [6.07, 6.45) is 21.5. The molecule has 1 amide bonds. The van der Waals surface area contributed by atoms with Crippen LogP contribution < -0.4 is 5.32 Å². The van der Waals surface area contributed by atoms with Crippen molar-refractivity contribution in [1.29, 1.82) is 0 Å². The number of alkyl carbamates (subject to hydrolysis) is 1. The van der Waals surface area contributed by atoms with Crippen LogP contribution in [0.15, 0.2) is 11.6 Å². The third-order valence-corrected chi connectivity index (χ3v) is 14.1. The van der Waals surface area contributed by atoms with Gasteiger partial charge in [-0.15, -0.1) is 0 Å². The van der Waals surface area contributed by atoms with Crippen LogP contribution >= 0.6 is 0 Å². The van der Waals surface area contributed by atoms with Crippen molar-refractivity contribution in [2.45, 2.75) is 162 Å². The zero-order chi connectivity index (χ0) is 32.9. The minimum Gasteiger partial charge on any atom is -0.446 e. The van der Waals surface area contributed by atoms with Gasteiger partial charge >= 0.3 is 6.09 Å². The van der Waals surface area contributed by atoms with Crippen LogP contribution in [0.5, 0.6) is 0 Å². The van der Waals surface area contributed by atoms with E-state index in [2.05, 4.69) is 46.0 Å². The van der Waals surface area contributed by atoms with Crippen LogP contribution in [0.4, 0.5) is 4.79 Å². The van der Waals surface area contributed by atoms with E-state index in [1.165, 1.54) is 51.4 Å². The quantitative estimate of drug-likeness (QED) is 0.123. The van der Waals surface area contributed by atoms with Crippen molar-refractivity contribution in [1.82, 2.24) is 5.32 Å². The van der Waals surface area contributed by atoms with Crippen molar-refractivity contribution in [2.75, 3.05) is 19.8 Å². The molecule has 3 N–H and O–H groups in total. The second kappa shape index (κ2) is 16.1. The summed E-state index contributed by atoms with van der Waals surface area (Å²) in [6, 6.07) is 0. The molecular weight excluding hydrogens is 574 g/mol. The summed E-state index contributed by atoms with van der Waals surface area (Å²) >= 11 is 0. The lowest BCUT2D eigenvalue weighted by molar-refractivity contribution is -0.0581. The molecule has 0 aromatic carbocycles. The Labute approximate surface area is 281 Å². The predicted octanol–water partition coefficient (Wildman–Crippen LogP) is 8.83. The van der Waals surface area contributed by atoms with Crippen LogP contribution in [0.1, 0.15) is 144 Å². The number of hydrogen-bond acceptors (Lipinski definition) is 5. The first-order valence-electron chi connectivity index (χ1n) is 19.6. The fourth-order valence-corrected chi connectivity index (χ4v) is 11.4. The number of nitrogens with one attached hydrogen (secondary N) is 1. The summed E-state index contributed by atoms with van der Waals surface area (Å²) in [4.78, 5) is 12.7. The number of aliphatic hydroxyl groups is 2. The Kier molecular flexibility index (Phi) is 12.6. The fraction of sp³-hybridized carbons (Fsp3) is 0.925. The zero-order valence-corrected chi connectivity index (χ0v) is 30.1. The highest BCUT2D eigenvalue weighted by Crippen LogP contribution is 2.67. The second-order valence-electron chi connectivity index (χ2n) is 17.4. The molecule has 11 atom stereocenters. The molecule has 0 aromatic heterocycles. The molecule has 5 aliphatic carbocycles. The molecule has 6 heteroatoms. The summed E-state index contributed by atoms with van der Waals surface area (Å²) < 4.78 is 11.9. The second-order valence-corrected chi connectivity index (χ2v) is 17.4. The van der Waals surface area contributed by atoms with E-state index in [-0.39, 0.29) is 36.2 Å². The fourth-order valence-electron chi connectivity index (χ4n) is 11.4. The number of unbranched alkanes of at least 4 members (excludes halogenated alkanes) is 3. The molecular formula is C40H69NO5. The molecule has 0 bridgehead atoms. The van der Waals surface area contributed by atoms with Crippen molar-refractivity contribution in [2.24, 2.45) is 52.3 Å². The Morgan fingerprint density at radius 1 is 0.957 bits per heavy atom. The molecule has 0 aromatic rings. The Bertz CT molecular complexity index is 1010. The van der Waals surface area contributed by atoms with Crippen LogP contribution in [0.3, 0.4) is 0 Å². The molecule has 0 aliphatic heterocycles. The number of amides is 1. The van der Waals surface area contributed by atoms with Gasteiger partial charge in [0, 0.05) is 32.1 Å². The molecule has 4 fully saturated rings. The van der Waals surface area contributed by atoms with Gasteiger partial charge in [0.1, 0.15) is 6.10 Å². The highest BCUT2D eigenvalue weighted by molar-refractivity contribution is 5.67. The van der Waals surface area contributed by atoms with Crippen LogP contribution in [0.25, 0.3) is 0 Å². The topological polar surface area (TPSA) is 88.0 Å². The lowest BCUT2D eigenvalue weighted by Crippen LogP contribution is -2.51. The number of fused-ring (bicyclic) bond motifs is 5. The highest BCUT2D eigenvalue weighted by Gasteiger charge is 2.59. The van der Waals surface area contributed by atoms with Gasteiger partial charge in [-0.3, -0.25) is 0 Å². The third kappa shape index (κ3) is 8.19. The summed E-state index contributed by atoms with van der Waals surface area (Å²) in [6.45, 7) is 13.9. The van der Waals surface area contributed by atoms with E-state index in [4.69, 9.17) is 9.47 Å². The molecule has 46 heavy (non-hydrogen) atoms. The first-order valence-corrected chi connectivity index (χ1v) is 19.6. The summed E-state index contributed by atoms with van der Waals surface area (Å²) in [5.74, 6) is 5.06. The number of hydrogen-bond donors (Lipinski definition) is 3. The van der Waals surface area contributed by atoms with Crippen LogP contribution in [-0.2, 0) is 9.47 Å². The van der Waals surface area contributed by atoms with Gasteiger partial charge in [-0.2, -0.15) is 0 Å². The molecule has 5 aliphatic rings. The lowest BCUT2D eigenvalue weighted by atomic mass is 9.47. The van der Waals surface area contributed by atoms with Crippen molar-refractivity contribution >= 4 is 6.09 Å². The predicted molar refractivity (Wildman–Crippen MR) is 185 cm³/mol. The van der Waals surface area contributed by atoms with Crippen LogP contribution in [0.2, 0.25) is 0 Å². The normalized spacial score (nSPS) is 39.3. The molecule has 0 radical (unpaired) electrons. The molecule has 3 unspecified atom stereocenters. The monoisotopic (exact) mass is 644 g/mol. The first-order chi connectivity index (χ1) is 22.0. The van der Waals surface area contributed by atoms with Gasteiger partial charge < -0.3 is 25.0 Å². The number of carbonyl (C=O) groups excluding carboxylic acids is 1. The van der Waals surface area contributed by atoms with Gasteiger partial charge in [-0.05, 0) is 117 Å². The molecule has 0 saturated heterocycles. The largest absolute Gasteiger partial charge is 0.446 e. The van der Waals surface area contributed by atoms with E-state index in [0.29, 0.717) is 25.0 Å². The number of aliphatic hydroxyl groups excluding tert-OH is 2. The van der Waals surface area contributed by atoms with E-state index >= 15 is 0 Å². The van der Waals surface area contributed by atoms with Crippen molar-refractivity contribution in [3.8, 4) is 0 Å². The van der Waals surface area contributed by atoms with Crippen LogP contribution in [0, 0.1) is 52.3 Å². The summed E-state index contributed by atoms with van der Waals surface area (Å²) in [5.41, 5.74) is 2.39. The molecule has 0 heterocycles. The maximum Gasteiger partial charge on any atom is 0.407 e. The average Bonchev–Trinajstić information content (AvgIpc) is 3.56. The van der Waals surface area contributed by atoms with Gasteiger partial charge in [0.15, 0.2) is 0 Å². The maximum atomic E-state index is 12.7. The van der Waals surface area contributed by atoms with Gasteiger partial charge in [-0.25, -0.2) is 4.79 Å². The van der Waals surface area contributed by atoms with Crippen LogP contribution in [-0.4, -0.2) is 54.4 Å². The average molecular weight is 644 g/mol. The Morgan fingerprint density at radius 2 is 1.76 bits per heavy atom. The zero-order valence-electron chi connectivity index (χ0n) is 30.1. The van der Waals surface area contributed by atoms with Gasteiger partial charge in [0.25, 0.3) is 0 Å². The van der Waals surface area contributed by atoms with E-state index in [1.54, 1.807) is 5.57 Å². The van der Waals surface area contributed by atoms with Gasteiger partial charge in [-0.1, -0.05) is 78.4 Å². The Balaban J connectivity index is 1.01. The summed E-state index contributed by atoms with van der Waals surface area (Å²) in [5, 5.41) is 22.2. The van der Waals surface area contributed by atoms with Crippen molar-refractivity contribution < 1.29 is 24.5 Å². The minimum absolute atomic E-state index is 0.00367. The molecule has 5 rings (SSSR count). The standard InChI is InChI=1S/C40H69NO5/c1-27(2)11-10-12-28(3)34-15-16-35-33-14-13-30-24-31(17-19-39(30,4)36(33)18-20-40(34,35)5)46-38(44)41-21-8-6-7-9-22-45-32-23-29(26-42)37(43)25-32/h13,27-29,31-37,42-43H,6-12,14-26H2,1-5H3,(H,41,44)/t28-,29+,31-,32?,33?,34+,35-,36-,37?,39-,40+/m0/s1. The summed E-state index contributed by atoms with van der Waals surface area (Å²) in [7, 11) is 0. The van der Waals surface area contributed by atoms with Gasteiger partial charge in [0.2, 0.25) is 0 Å². The SMILES string of the molecule is CC(C)CCC[C@H](C)[C@H]1CC[C@H]2C3CC=C4C[C@@H](OC(=O)NCCCCCCOC5CC(O)[C@@H](CO)C5)CC[C@]4(C)[C@H]3CC[C@]12C. The number of ether oxygens (including phenoxy) is 2. The molecule has 264 valence electrons. The number of rotatable bonds is 15. The van der Waals surface area contributed by atoms with E-state index < -0.39 is 6.10 Å². The number of allylic oxidation sites excluding steroid dienone is 1. The maximum absolute atomic E-state index is 12.7. The third-order valence-electron chi connectivity index (χ3n) is 14.1. The number of carbonyl (C=O) groups is 1. The highest BCUT2D eigenvalue weighted by atomic mass is 16.6. The van der Waals surface area contributed by atoms with E-state index in [9.17, 15) is 15.0 Å². The Hall–Kier alpha value is -1.11. The van der Waals surface area contributed by atoms with Crippen molar-refractivity contribution in [3.63, 3.8) is 0 Å². The molecule has 4 saturated carbocycles. The minimum atomic E-state index is -0.433. The van der Waals surface area contributed by atoms with Gasteiger partial charge in [0.05, 0.1) is 12.2 Å². The molecule has 6 nitrogen and oxygen atoms in total. The smallest absolute Gasteiger partial charge is 0.407 e. The lowest BCUT2D eigenvalue weighted by Gasteiger charge is -2.58.